The molecule has 1 amide bonds. The zero-order valence-electron chi connectivity index (χ0n) is 19.0. The van der Waals surface area contributed by atoms with Crippen molar-refractivity contribution in [2.45, 2.75) is 12.8 Å². The fourth-order valence-corrected chi connectivity index (χ4v) is 4.40. The molecular formula is C26H26N6O2. The van der Waals surface area contributed by atoms with Crippen molar-refractivity contribution in [2.75, 3.05) is 32.1 Å². The van der Waals surface area contributed by atoms with Gasteiger partial charge in [-0.25, -0.2) is 24.7 Å². The number of fused-ring (bicyclic) bond motifs is 1. The normalized spacial score (nSPS) is 14.2. The van der Waals surface area contributed by atoms with Gasteiger partial charge in [-0.2, -0.15) is 0 Å². The first-order valence-corrected chi connectivity index (χ1v) is 11.4. The third-order valence-corrected chi connectivity index (χ3v) is 6.23. The molecule has 8 heteroatoms. The second-order valence-corrected chi connectivity index (χ2v) is 8.37. The highest BCUT2D eigenvalue weighted by Gasteiger charge is 2.23. The van der Waals surface area contributed by atoms with Crippen LogP contribution in [0.25, 0.3) is 33.4 Å². The van der Waals surface area contributed by atoms with Gasteiger partial charge in [0.25, 0.3) is 0 Å². The lowest BCUT2D eigenvalue weighted by Crippen LogP contribution is -2.39. The lowest BCUT2D eigenvalue weighted by atomic mass is 9.96. The van der Waals surface area contributed by atoms with Gasteiger partial charge in [0, 0.05) is 32.0 Å². The molecule has 1 N–H and O–H groups in total. The first kappa shape index (κ1) is 21.8. The van der Waals surface area contributed by atoms with Gasteiger partial charge in [-0.1, -0.05) is 42.5 Å². The summed E-state index contributed by atoms with van der Waals surface area (Å²) in [5.41, 5.74) is 3.82. The van der Waals surface area contributed by atoms with Crippen LogP contribution in [0.1, 0.15) is 12.8 Å². The summed E-state index contributed by atoms with van der Waals surface area (Å²) in [6.45, 7) is 2.16. The SMILES string of the molecule is COC(=O)N1CCC(CNc2nc(-c3cncnc3)nc3cccc(-c4ccccc4)c23)CC1. The van der Waals surface area contributed by atoms with E-state index >= 15 is 0 Å². The molecule has 34 heavy (non-hydrogen) atoms. The van der Waals surface area contributed by atoms with E-state index in [1.807, 2.05) is 30.3 Å². The molecule has 3 heterocycles. The highest BCUT2D eigenvalue weighted by Crippen LogP contribution is 2.34. The van der Waals surface area contributed by atoms with Crippen LogP contribution < -0.4 is 5.32 Å². The van der Waals surface area contributed by atoms with Crippen LogP contribution in [0.5, 0.6) is 0 Å². The summed E-state index contributed by atoms with van der Waals surface area (Å²) in [5.74, 6) is 1.80. The molecule has 1 aliphatic heterocycles. The number of ether oxygens (including phenoxy) is 1. The second kappa shape index (κ2) is 9.82. The molecule has 2 aromatic carbocycles. The minimum absolute atomic E-state index is 0.254. The molecule has 0 saturated carbocycles. The van der Waals surface area contributed by atoms with E-state index in [4.69, 9.17) is 14.7 Å². The van der Waals surface area contributed by atoms with Crippen LogP contribution in [-0.4, -0.2) is 57.7 Å². The number of carbonyl (C=O) groups is 1. The van der Waals surface area contributed by atoms with E-state index in [9.17, 15) is 4.79 Å². The van der Waals surface area contributed by atoms with Gasteiger partial charge >= 0.3 is 6.09 Å². The number of rotatable bonds is 5. The van der Waals surface area contributed by atoms with Crippen molar-refractivity contribution >= 4 is 22.8 Å². The van der Waals surface area contributed by atoms with Crippen molar-refractivity contribution in [3.63, 3.8) is 0 Å². The highest BCUT2D eigenvalue weighted by atomic mass is 16.5. The van der Waals surface area contributed by atoms with E-state index in [0.717, 1.165) is 52.8 Å². The van der Waals surface area contributed by atoms with Crippen LogP contribution in [0.3, 0.4) is 0 Å². The summed E-state index contributed by atoms with van der Waals surface area (Å²) >= 11 is 0. The molecular weight excluding hydrogens is 428 g/mol. The molecule has 2 aromatic heterocycles. The van der Waals surface area contributed by atoms with E-state index < -0.39 is 0 Å². The van der Waals surface area contributed by atoms with Crippen LogP contribution in [-0.2, 0) is 4.74 Å². The molecule has 1 aliphatic rings. The van der Waals surface area contributed by atoms with Crippen LogP contribution in [0.2, 0.25) is 0 Å². The van der Waals surface area contributed by atoms with E-state index in [2.05, 4.69) is 33.5 Å². The van der Waals surface area contributed by atoms with Crippen molar-refractivity contribution in [1.29, 1.82) is 0 Å². The molecule has 0 bridgehead atoms. The largest absolute Gasteiger partial charge is 0.453 e. The van der Waals surface area contributed by atoms with E-state index in [1.165, 1.54) is 13.4 Å². The van der Waals surface area contributed by atoms with Gasteiger partial charge in [-0.15, -0.1) is 0 Å². The van der Waals surface area contributed by atoms with Crippen LogP contribution >= 0.6 is 0 Å². The van der Waals surface area contributed by atoms with Gasteiger partial charge in [0.2, 0.25) is 0 Å². The van der Waals surface area contributed by atoms with Crippen molar-refractivity contribution in [3.8, 4) is 22.5 Å². The Labute approximate surface area is 198 Å². The Bertz CT molecular complexity index is 1270. The first-order valence-electron chi connectivity index (χ1n) is 11.4. The van der Waals surface area contributed by atoms with Crippen molar-refractivity contribution in [3.05, 3.63) is 67.3 Å². The number of carbonyl (C=O) groups excluding carboxylic acids is 1. The Hall–Kier alpha value is -4.07. The van der Waals surface area contributed by atoms with Crippen molar-refractivity contribution < 1.29 is 9.53 Å². The number of hydrogen-bond donors (Lipinski definition) is 1. The van der Waals surface area contributed by atoms with Gasteiger partial charge in [-0.05, 0) is 36.0 Å². The van der Waals surface area contributed by atoms with Gasteiger partial charge in [0.15, 0.2) is 5.82 Å². The summed E-state index contributed by atoms with van der Waals surface area (Å²) in [6, 6.07) is 16.4. The lowest BCUT2D eigenvalue weighted by Gasteiger charge is -2.31. The number of nitrogens with zero attached hydrogens (tertiary/aromatic N) is 5. The summed E-state index contributed by atoms with van der Waals surface area (Å²) in [5, 5.41) is 4.60. The standard InChI is InChI=1S/C26H26N6O2/c1-34-26(33)32-12-10-18(11-13-32)14-29-25-23-21(19-6-3-2-4-7-19)8-5-9-22(23)30-24(31-25)20-15-27-17-28-16-20/h2-9,15-18H,10-14H2,1H3,(H,29,30,31). The predicted octanol–water partition coefficient (Wildman–Crippen LogP) is 4.64. The summed E-state index contributed by atoms with van der Waals surface area (Å²) in [4.78, 5) is 31.6. The molecule has 0 spiro atoms. The Morgan fingerprint density at radius 2 is 1.76 bits per heavy atom. The number of likely N-dealkylation sites (tertiary alicyclic amines) is 1. The molecule has 0 atom stereocenters. The summed E-state index contributed by atoms with van der Waals surface area (Å²) in [6.07, 6.45) is 6.52. The Balaban J connectivity index is 1.49. The van der Waals surface area contributed by atoms with E-state index in [-0.39, 0.29) is 6.09 Å². The van der Waals surface area contributed by atoms with Gasteiger partial charge < -0.3 is 15.0 Å². The topological polar surface area (TPSA) is 93.1 Å². The lowest BCUT2D eigenvalue weighted by molar-refractivity contribution is 0.107. The second-order valence-electron chi connectivity index (χ2n) is 8.37. The minimum atomic E-state index is -0.254. The Morgan fingerprint density at radius 1 is 1.00 bits per heavy atom. The molecule has 8 nitrogen and oxygen atoms in total. The maximum atomic E-state index is 11.8. The summed E-state index contributed by atoms with van der Waals surface area (Å²) < 4.78 is 4.86. The van der Waals surface area contributed by atoms with E-state index in [1.54, 1.807) is 17.3 Å². The third-order valence-electron chi connectivity index (χ3n) is 6.23. The molecule has 172 valence electrons. The van der Waals surface area contributed by atoms with Crippen molar-refractivity contribution in [1.82, 2.24) is 24.8 Å². The van der Waals surface area contributed by atoms with Gasteiger partial charge in [0.1, 0.15) is 12.1 Å². The predicted molar refractivity (Wildman–Crippen MR) is 131 cm³/mol. The zero-order valence-corrected chi connectivity index (χ0v) is 19.0. The van der Waals surface area contributed by atoms with Crippen LogP contribution in [0.15, 0.2) is 67.3 Å². The number of methoxy groups -OCH3 is 1. The van der Waals surface area contributed by atoms with E-state index in [0.29, 0.717) is 24.8 Å². The molecule has 1 saturated heterocycles. The molecule has 0 unspecified atom stereocenters. The number of hydrogen-bond acceptors (Lipinski definition) is 7. The minimum Gasteiger partial charge on any atom is -0.453 e. The monoisotopic (exact) mass is 454 g/mol. The smallest absolute Gasteiger partial charge is 0.409 e. The number of benzene rings is 2. The molecule has 0 aliphatic carbocycles. The molecule has 4 aromatic rings. The highest BCUT2D eigenvalue weighted by molar-refractivity contribution is 6.02. The molecule has 5 rings (SSSR count). The molecule has 1 fully saturated rings. The maximum Gasteiger partial charge on any atom is 0.409 e. The fourth-order valence-electron chi connectivity index (χ4n) is 4.40. The van der Waals surface area contributed by atoms with Crippen LogP contribution in [0.4, 0.5) is 10.6 Å². The number of aromatic nitrogens is 4. The number of amides is 1. The Morgan fingerprint density at radius 3 is 2.50 bits per heavy atom. The summed E-state index contributed by atoms with van der Waals surface area (Å²) in [7, 11) is 1.43. The number of anilines is 1. The quantitative estimate of drug-likeness (QED) is 0.469. The third kappa shape index (κ3) is 4.52. The number of nitrogens with one attached hydrogen (secondary N) is 1. The number of piperidine rings is 1. The first-order chi connectivity index (χ1) is 16.7. The molecule has 0 radical (unpaired) electrons. The Kier molecular flexibility index (Phi) is 6.29. The van der Waals surface area contributed by atoms with Crippen molar-refractivity contribution in [2.24, 2.45) is 5.92 Å². The fraction of sp³-hybridized carbons (Fsp3) is 0.269. The van der Waals surface area contributed by atoms with Crippen LogP contribution in [0, 0.1) is 5.92 Å². The van der Waals surface area contributed by atoms with Gasteiger partial charge in [-0.3, -0.25) is 0 Å². The zero-order chi connectivity index (χ0) is 23.3. The average Bonchev–Trinajstić information content (AvgIpc) is 2.92. The van der Waals surface area contributed by atoms with Gasteiger partial charge in [0.05, 0.1) is 23.6 Å². The average molecular weight is 455 g/mol. The maximum absolute atomic E-state index is 11.8.